The predicted molar refractivity (Wildman–Crippen MR) is 53.7 cm³/mol. The first-order valence-electron chi connectivity index (χ1n) is 4.27. The van der Waals surface area contributed by atoms with Crippen LogP contribution in [0.15, 0.2) is 29.2 Å². The number of hydrogen-bond acceptors (Lipinski definition) is 4. The van der Waals surface area contributed by atoms with Crippen LogP contribution in [0.4, 0.5) is 0 Å². The first-order valence-corrected chi connectivity index (χ1v) is 5.81. The summed E-state index contributed by atoms with van der Waals surface area (Å²) in [6.45, 7) is 1.64. The molecule has 0 saturated heterocycles. The van der Waals surface area contributed by atoms with E-state index < -0.39 is 16.0 Å². The summed E-state index contributed by atoms with van der Waals surface area (Å²) in [5.74, 6) is -0.255. The lowest BCUT2D eigenvalue weighted by molar-refractivity contribution is -0.134. The van der Waals surface area contributed by atoms with Crippen LogP contribution in [0.2, 0.25) is 0 Å². The van der Waals surface area contributed by atoms with Crippen LogP contribution in [0, 0.1) is 0 Å². The standard InChI is InChI=1S/C9H11NO4S/c1-2-9(11)14-7-4-3-5-8(6-7)15(10,12)13/h3-6H,2H2,1H3,(H2,10,12,13). The number of carbonyl (C=O) groups excluding carboxylic acids is 1. The summed E-state index contributed by atoms with van der Waals surface area (Å²) in [5, 5.41) is 4.92. The summed E-state index contributed by atoms with van der Waals surface area (Å²) >= 11 is 0. The molecule has 5 nitrogen and oxygen atoms in total. The van der Waals surface area contributed by atoms with Gasteiger partial charge in [0.15, 0.2) is 0 Å². The van der Waals surface area contributed by atoms with Gasteiger partial charge in [-0.05, 0) is 12.1 Å². The van der Waals surface area contributed by atoms with Crippen LogP contribution >= 0.6 is 0 Å². The number of hydrogen-bond donors (Lipinski definition) is 1. The van der Waals surface area contributed by atoms with E-state index in [0.717, 1.165) is 0 Å². The molecule has 1 aromatic carbocycles. The Morgan fingerprint density at radius 1 is 1.47 bits per heavy atom. The third-order valence-electron chi connectivity index (χ3n) is 1.65. The molecule has 2 N–H and O–H groups in total. The molecule has 0 aliphatic carbocycles. The third kappa shape index (κ3) is 3.34. The van der Waals surface area contributed by atoms with Gasteiger partial charge in [-0.3, -0.25) is 4.79 Å². The largest absolute Gasteiger partial charge is 0.426 e. The van der Waals surface area contributed by atoms with Crippen molar-refractivity contribution in [3.05, 3.63) is 24.3 Å². The fourth-order valence-electron chi connectivity index (χ4n) is 0.918. The molecule has 0 spiro atoms. The van der Waals surface area contributed by atoms with Gasteiger partial charge in [0.05, 0.1) is 4.90 Å². The Labute approximate surface area is 87.9 Å². The van der Waals surface area contributed by atoms with Crippen molar-refractivity contribution in [2.75, 3.05) is 0 Å². The lowest BCUT2D eigenvalue weighted by atomic mass is 10.3. The second kappa shape index (κ2) is 4.41. The molecule has 0 aliphatic rings. The maximum atomic E-state index is 11.0. The van der Waals surface area contributed by atoms with E-state index in [1.807, 2.05) is 0 Å². The molecule has 6 heteroatoms. The van der Waals surface area contributed by atoms with Gasteiger partial charge in [-0.25, -0.2) is 13.6 Å². The number of esters is 1. The highest BCUT2D eigenvalue weighted by Gasteiger charge is 2.09. The third-order valence-corrected chi connectivity index (χ3v) is 2.57. The minimum Gasteiger partial charge on any atom is -0.426 e. The Kier molecular flexibility index (Phi) is 3.43. The van der Waals surface area contributed by atoms with Crippen molar-refractivity contribution in [3.8, 4) is 5.75 Å². The molecular weight excluding hydrogens is 218 g/mol. The second-order valence-electron chi connectivity index (χ2n) is 2.85. The van der Waals surface area contributed by atoms with Crippen LogP contribution in [0.25, 0.3) is 0 Å². The van der Waals surface area contributed by atoms with E-state index in [1.54, 1.807) is 6.92 Å². The molecule has 0 saturated carbocycles. The fourth-order valence-corrected chi connectivity index (χ4v) is 1.47. The number of sulfonamides is 1. The van der Waals surface area contributed by atoms with E-state index in [0.29, 0.717) is 0 Å². The van der Waals surface area contributed by atoms with Crippen molar-refractivity contribution < 1.29 is 17.9 Å². The zero-order valence-corrected chi connectivity index (χ0v) is 8.95. The van der Waals surface area contributed by atoms with Gasteiger partial charge in [-0.2, -0.15) is 0 Å². The topological polar surface area (TPSA) is 86.5 Å². The highest BCUT2D eigenvalue weighted by atomic mass is 32.2. The molecule has 1 aromatic rings. The van der Waals surface area contributed by atoms with Crippen molar-refractivity contribution >= 4 is 16.0 Å². The number of rotatable bonds is 3. The fraction of sp³-hybridized carbons (Fsp3) is 0.222. The SMILES string of the molecule is CCC(=O)Oc1cccc(S(N)(=O)=O)c1. The Hall–Kier alpha value is -1.40. The van der Waals surface area contributed by atoms with Crippen molar-refractivity contribution in [1.29, 1.82) is 0 Å². The molecular formula is C9H11NO4S. The zero-order valence-electron chi connectivity index (χ0n) is 8.14. The van der Waals surface area contributed by atoms with Gasteiger partial charge in [-0.1, -0.05) is 13.0 Å². The van der Waals surface area contributed by atoms with Gasteiger partial charge < -0.3 is 4.74 Å². The first kappa shape index (κ1) is 11.7. The number of primary sulfonamides is 1. The van der Waals surface area contributed by atoms with Crippen LogP contribution in [0.5, 0.6) is 5.75 Å². The van der Waals surface area contributed by atoms with E-state index in [-0.39, 0.29) is 17.1 Å². The molecule has 0 aliphatic heterocycles. The Balaban J connectivity index is 2.99. The lowest BCUT2D eigenvalue weighted by Gasteiger charge is -2.03. The summed E-state index contributed by atoms with van der Waals surface area (Å²) in [7, 11) is -3.76. The minimum absolute atomic E-state index is 0.0797. The highest BCUT2D eigenvalue weighted by Crippen LogP contribution is 2.16. The molecule has 1 rings (SSSR count). The van der Waals surface area contributed by atoms with Gasteiger partial charge in [0, 0.05) is 12.5 Å². The predicted octanol–water partition coefficient (Wildman–Crippen LogP) is 0.649. The minimum atomic E-state index is -3.76. The average molecular weight is 229 g/mol. The molecule has 0 bridgehead atoms. The van der Waals surface area contributed by atoms with E-state index in [9.17, 15) is 13.2 Å². The van der Waals surface area contributed by atoms with Crippen molar-refractivity contribution in [3.63, 3.8) is 0 Å². The number of benzene rings is 1. The number of ether oxygens (including phenoxy) is 1. The highest BCUT2D eigenvalue weighted by molar-refractivity contribution is 7.89. The van der Waals surface area contributed by atoms with Gasteiger partial charge in [0.2, 0.25) is 10.0 Å². The molecule has 0 unspecified atom stereocenters. The smallest absolute Gasteiger partial charge is 0.310 e. The average Bonchev–Trinajstić information content (AvgIpc) is 2.17. The van der Waals surface area contributed by atoms with E-state index in [2.05, 4.69) is 0 Å². The summed E-state index contributed by atoms with van der Waals surface area (Å²) in [4.78, 5) is 10.9. The van der Waals surface area contributed by atoms with E-state index >= 15 is 0 Å². The molecule has 0 fully saturated rings. The van der Waals surface area contributed by atoms with Crippen molar-refractivity contribution in [2.24, 2.45) is 5.14 Å². The van der Waals surface area contributed by atoms with Crippen LogP contribution in [0.3, 0.4) is 0 Å². The quantitative estimate of drug-likeness (QED) is 0.609. The maximum absolute atomic E-state index is 11.0. The molecule has 0 radical (unpaired) electrons. The Morgan fingerprint density at radius 3 is 2.67 bits per heavy atom. The number of nitrogens with two attached hydrogens (primary N) is 1. The lowest BCUT2D eigenvalue weighted by Crippen LogP contribution is -2.12. The maximum Gasteiger partial charge on any atom is 0.310 e. The van der Waals surface area contributed by atoms with Crippen molar-refractivity contribution in [1.82, 2.24) is 0 Å². The van der Waals surface area contributed by atoms with Gasteiger partial charge >= 0.3 is 5.97 Å². The Morgan fingerprint density at radius 2 is 2.13 bits per heavy atom. The number of carbonyl (C=O) groups is 1. The van der Waals surface area contributed by atoms with Crippen molar-refractivity contribution in [2.45, 2.75) is 18.2 Å². The summed E-state index contributed by atoms with van der Waals surface area (Å²) in [6.07, 6.45) is 0.222. The van der Waals surface area contributed by atoms with Gasteiger partial charge in [0.1, 0.15) is 5.75 Å². The molecule has 15 heavy (non-hydrogen) atoms. The second-order valence-corrected chi connectivity index (χ2v) is 4.41. The van der Waals surface area contributed by atoms with Crippen LogP contribution in [-0.4, -0.2) is 14.4 Å². The van der Waals surface area contributed by atoms with Gasteiger partial charge in [0.25, 0.3) is 0 Å². The van der Waals surface area contributed by atoms with Crippen LogP contribution in [0.1, 0.15) is 13.3 Å². The van der Waals surface area contributed by atoms with E-state index in [1.165, 1.54) is 24.3 Å². The molecule has 0 heterocycles. The summed E-state index contributed by atoms with van der Waals surface area (Å²) < 4.78 is 26.8. The zero-order chi connectivity index (χ0) is 11.5. The van der Waals surface area contributed by atoms with Crippen LogP contribution < -0.4 is 9.88 Å². The molecule has 0 aromatic heterocycles. The van der Waals surface area contributed by atoms with Gasteiger partial charge in [-0.15, -0.1) is 0 Å². The Bertz CT molecular complexity index is 467. The van der Waals surface area contributed by atoms with E-state index in [4.69, 9.17) is 9.88 Å². The monoisotopic (exact) mass is 229 g/mol. The van der Waals surface area contributed by atoms with Crippen LogP contribution in [-0.2, 0) is 14.8 Å². The molecule has 82 valence electrons. The molecule has 0 atom stereocenters. The first-order chi connectivity index (χ1) is 6.93. The summed E-state index contributed by atoms with van der Waals surface area (Å²) in [6, 6.07) is 5.49. The molecule has 0 amide bonds. The summed E-state index contributed by atoms with van der Waals surface area (Å²) in [5.41, 5.74) is 0. The normalized spacial score (nSPS) is 11.1.